The topological polar surface area (TPSA) is 125 Å². The fraction of sp³-hybridized carbons (Fsp3) is 0.345. The van der Waals surface area contributed by atoms with Crippen molar-refractivity contribution >= 4 is 28.5 Å². The maximum Gasteiger partial charge on any atom is 0.254 e. The normalized spacial score (nSPS) is 17.1. The molecule has 0 spiro atoms. The summed E-state index contributed by atoms with van der Waals surface area (Å²) in [6.45, 7) is 0.484. The van der Waals surface area contributed by atoms with E-state index in [9.17, 15) is 19.5 Å². The predicted octanol–water partition coefficient (Wildman–Crippen LogP) is 2.00. The maximum atomic E-state index is 13.5. The summed E-state index contributed by atoms with van der Waals surface area (Å²) < 4.78 is 0. The molecule has 0 aromatic heterocycles. The molecule has 3 aromatic rings. The molecule has 1 heterocycles. The number of aliphatic hydroxyl groups excluding tert-OH is 1. The van der Waals surface area contributed by atoms with Gasteiger partial charge in [-0.2, -0.15) is 0 Å². The van der Waals surface area contributed by atoms with Gasteiger partial charge in [-0.25, -0.2) is 0 Å². The van der Waals surface area contributed by atoms with E-state index in [0.717, 1.165) is 29.2 Å². The summed E-state index contributed by atoms with van der Waals surface area (Å²) in [5.74, 6) is -0.961. The van der Waals surface area contributed by atoms with Crippen LogP contribution in [0.15, 0.2) is 72.8 Å². The SMILES string of the molecule is NCC(O)CNC(=O)C(Cc1ccc2ccccc2c1)NC(=O)C1CCCCN1C(=O)c1ccccc1. The van der Waals surface area contributed by atoms with Gasteiger partial charge in [-0.05, 0) is 47.7 Å². The van der Waals surface area contributed by atoms with E-state index in [4.69, 9.17) is 5.73 Å². The van der Waals surface area contributed by atoms with Gasteiger partial charge < -0.3 is 26.4 Å². The zero-order valence-electron chi connectivity index (χ0n) is 20.8. The molecule has 1 aliphatic heterocycles. The molecule has 1 saturated heterocycles. The van der Waals surface area contributed by atoms with Crippen LogP contribution in [0.4, 0.5) is 0 Å². The lowest BCUT2D eigenvalue weighted by Gasteiger charge is -2.35. The van der Waals surface area contributed by atoms with Gasteiger partial charge in [-0.1, -0.05) is 60.7 Å². The molecule has 3 amide bonds. The van der Waals surface area contributed by atoms with Crippen molar-refractivity contribution in [3.8, 4) is 0 Å². The standard InChI is InChI=1S/C29H34N4O4/c30-18-24(34)19-31-27(35)25(17-20-13-14-21-8-4-5-11-23(21)16-20)32-28(36)26-12-6-7-15-33(26)29(37)22-9-2-1-3-10-22/h1-5,8-11,13-14,16,24-26,34H,6-7,12,15,17-19,30H2,(H,31,35)(H,32,36). The number of hydrogen-bond donors (Lipinski definition) is 4. The van der Waals surface area contributed by atoms with Gasteiger partial charge in [0.25, 0.3) is 5.91 Å². The molecule has 3 atom stereocenters. The summed E-state index contributed by atoms with van der Waals surface area (Å²) in [4.78, 5) is 41.4. The Morgan fingerprint density at radius 2 is 1.70 bits per heavy atom. The van der Waals surface area contributed by atoms with Crippen molar-refractivity contribution in [3.63, 3.8) is 0 Å². The minimum absolute atomic E-state index is 0.0124. The Kier molecular flexibility index (Phi) is 8.87. The van der Waals surface area contributed by atoms with Crippen molar-refractivity contribution in [3.05, 3.63) is 83.9 Å². The second kappa shape index (κ2) is 12.5. The van der Waals surface area contributed by atoms with Crippen molar-refractivity contribution < 1.29 is 19.5 Å². The Morgan fingerprint density at radius 1 is 0.973 bits per heavy atom. The first kappa shape index (κ1) is 26.3. The van der Waals surface area contributed by atoms with Crippen molar-refractivity contribution in [2.45, 2.75) is 43.9 Å². The second-order valence-electron chi connectivity index (χ2n) is 9.46. The lowest BCUT2D eigenvalue weighted by Crippen LogP contribution is -2.57. The average molecular weight is 503 g/mol. The molecule has 8 nitrogen and oxygen atoms in total. The van der Waals surface area contributed by atoms with Crippen LogP contribution in [0, 0.1) is 0 Å². The molecule has 0 saturated carbocycles. The van der Waals surface area contributed by atoms with Crippen LogP contribution in [-0.4, -0.2) is 65.5 Å². The van der Waals surface area contributed by atoms with Gasteiger partial charge in [0.05, 0.1) is 6.10 Å². The quantitative estimate of drug-likeness (QED) is 0.356. The summed E-state index contributed by atoms with van der Waals surface area (Å²) in [5, 5.41) is 17.5. The fourth-order valence-corrected chi connectivity index (χ4v) is 4.70. The van der Waals surface area contributed by atoms with Crippen LogP contribution >= 0.6 is 0 Å². The number of nitrogens with zero attached hydrogens (tertiary/aromatic N) is 1. The van der Waals surface area contributed by atoms with Gasteiger partial charge >= 0.3 is 0 Å². The Morgan fingerprint density at radius 3 is 2.46 bits per heavy atom. The third-order valence-electron chi connectivity index (χ3n) is 6.76. The predicted molar refractivity (Wildman–Crippen MR) is 143 cm³/mol. The zero-order valence-corrected chi connectivity index (χ0v) is 20.8. The molecule has 194 valence electrons. The molecule has 0 aliphatic carbocycles. The molecule has 37 heavy (non-hydrogen) atoms. The molecule has 1 aliphatic rings. The van der Waals surface area contributed by atoms with E-state index in [1.807, 2.05) is 48.5 Å². The maximum absolute atomic E-state index is 13.5. The highest BCUT2D eigenvalue weighted by atomic mass is 16.3. The summed E-state index contributed by atoms with van der Waals surface area (Å²) in [5.41, 5.74) is 6.89. The number of nitrogens with two attached hydrogens (primary N) is 1. The van der Waals surface area contributed by atoms with Gasteiger partial charge in [-0.15, -0.1) is 0 Å². The number of benzene rings is 3. The van der Waals surface area contributed by atoms with Crippen LogP contribution in [0.3, 0.4) is 0 Å². The highest BCUT2D eigenvalue weighted by molar-refractivity contribution is 5.98. The van der Waals surface area contributed by atoms with Crippen LogP contribution in [0.2, 0.25) is 0 Å². The van der Waals surface area contributed by atoms with Gasteiger partial charge in [0.1, 0.15) is 12.1 Å². The Bertz CT molecular complexity index is 1230. The summed E-state index contributed by atoms with van der Waals surface area (Å²) in [6.07, 6.45) is 1.56. The number of carbonyl (C=O) groups excluding carboxylic acids is 3. The number of fused-ring (bicyclic) bond motifs is 1. The number of amides is 3. The first-order valence-corrected chi connectivity index (χ1v) is 12.8. The van der Waals surface area contributed by atoms with E-state index in [2.05, 4.69) is 10.6 Å². The van der Waals surface area contributed by atoms with Crippen LogP contribution in [-0.2, 0) is 16.0 Å². The van der Waals surface area contributed by atoms with Crippen LogP contribution < -0.4 is 16.4 Å². The lowest BCUT2D eigenvalue weighted by molar-refractivity contribution is -0.132. The molecule has 4 rings (SSSR count). The summed E-state index contributed by atoms with van der Waals surface area (Å²) >= 11 is 0. The average Bonchev–Trinajstić information content (AvgIpc) is 2.95. The van der Waals surface area contributed by atoms with Crippen molar-refractivity contribution in [2.75, 3.05) is 19.6 Å². The van der Waals surface area contributed by atoms with E-state index >= 15 is 0 Å². The van der Waals surface area contributed by atoms with E-state index in [-0.39, 0.29) is 31.3 Å². The number of carbonyl (C=O) groups is 3. The minimum atomic E-state index is -0.880. The van der Waals surface area contributed by atoms with Crippen LogP contribution in [0.1, 0.15) is 35.2 Å². The number of nitrogens with one attached hydrogen (secondary N) is 2. The van der Waals surface area contributed by atoms with Crippen LogP contribution in [0.25, 0.3) is 10.8 Å². The minimum Gasteiger partial charge on any atom is -0.390 e. The molecule has 1 fully saturated rings. The highest BCUT2D eigenvalue weighted by Gasteiger charge is 2.34. The summed E-state index contributed by atoms with van der Waals surface area (Å²) in [7, 11) is 0. The van der Waals surface area contributed by atoms with Gasteiger partial charge in [0.2, 0.25) is 11.8 Å². The van der Waals surface area contributed by atoms with Crippen molar-refractivity contribution in [2.24, 2.45) is 5.73 Å². The van der Waals surface area contributed by atoms with Crippen LogP contribution in [0.5, 0.6) is 0 Å². The number of rotatable bonds is 9. The first-order valence-electron chi connectivity index (χ1n) is 12.8. The highest BCUT2D eigenvalue weighted by Crippen LogP contribution is 2.21. The largest absolute Gasteiger partial charge is 0.390 e. The molecule has 3 aromatic carbocycles. The Balaban J connectivity index is 1.53. The lowest BCUT2D eigenvalue weighted by atomic mass is 9.98. The van der Waals surface area contributed by atoms with E-state index in [1.54, 1.807) is 29.2 Å². The smallest absolute Gasteiger partial charge is 0.254 e. The van der Waals surface area contributed by atoms with Crippen molar-refractivity contribution in [1.82, 2.24) is 15.5 Å². The fourth-order valence-electron chi connectivity index (χ4n) is 4.70. The number of aliphatic hydroxyl groups is 1. The Labute approximate surface area is 216 Å². The number of hydrogen-bond acceptors (Lipinski definition) is 5. The molecular weight excluding hydrogens is 468 g/mol. The molecule has 3 unspecified atom stereocenters. The number of piperidine rings is 1. The van der Waals surface area contributed by atoms with E-state index in [0.29, 0.717) is 18.5 Å². The van der Waals surface area contributed by atoms with Crippen molar-refractivity contribution in [1.29, 1.82) is 0 Å². The second-order valence-corrected chi connectivity index (χ2v) is 9.46. The Hall–Kier alpha value is -3.75. The molecular formula is C29H34N4O4. The summed E-state index contributed by atoms with van der Waals surface area (Å²) in [6, 6.07) is 21.2. The van der Waals surface area contributed by atoms with E-state index < -0.39 is 24.1 Å². The van der Waals surface area contributed by atoms with E-state index in [1.165, 1.54) is 0 Å². The monoisotopic (exact) mass is 502 g/mol. The first-order chi connectivity index (χ1) is 18.0. The molecule has 5 N–H and O–H groups in total. The molecule has 0 radical (unpaired) electrons. The van der Waals surface area contributed by atoms with Gasteiger partial charge in [0.15, 0.2) is 0 Å². The third kappa shape index (κ3) is 6.72. The number of likely N-dealkylation sites (tertiary alicyclic amines) is 1. The molecule has 8 heteroatoms. The van der Waals surface area contributed by atoms with Gasteiger partial charge in [-0.3, -0.25) is 14.4 Å². The third-order valence-corrected chi connectivity index (χ3v) is 6.76. The van der Waals surface area contributed by atoms with Gasteiger partial charge in [0, 0.05) is 31.6 Å². The zero-order chi connectivity index (χ0) is 26.2. The molecule has 0 bridgehead atoms.